The summed E-state index contributed by atoms with van der Waals surface area (Å²) in [7, 11) is 1.93. The Balaban J connectivity index is 1.76. The van der Waals surface area contributed by atoms with Gasteiger partial charge in [-0.2, -0.15) is 5.10 Å². The predicted octanol–water partition coefficient (Wildman–Crippen LogP) is 1.19. The van der Waals surface area contributed by atoms with Crippen LogP contribution in [0.5, 0.6) is 0 Å². The van der Waals surface area contributed by atoms with Crippen molar-refractivity contribution in [2.24, 2.45) is 7.05 Å². The number of aryl methyl sites for hydroxylation is 2. The zero-order chi connectivity index (χ0) is 13.8. The lowest BCUT2D eigenvalue weighted by Gasteiger charge is -2.11. The molecule has 1 aliphatic carbocycles. The number of hydrogen-bond acceptors (Lipinski definition) is 3. The van der Waals surface area contributed by atoms with Gasteiger partial charge in [-0.1, -0.05) is 12.8 Å². The fraction of sp³-hybridized carbons (Fsp3) is 0.714. The maximum atomic E-state index is 11.8. The van der Waals surface area contributed by atoms with Crippen molar-refractivity contribution in [2.75, 3.05) is 6.54 Å². The smallest absolute Gasteiger partial charge is 0.234 e. The zero-order valence-electron chi connectivity index (χ0n) is 12.1. The molecule has 1 amide bonds. The van der Waals surface area contributed by atoms with E-state index in [1.54, 1.807) is 0 Å². The number of amides is 1. The second-order valence-electron chi connectivity index (χ2n) is 5.41. The van der Waals surface area contributed by atoms with E-state index in [4.69, 9.17) is 0 Å². The van der Waals surface area contributed by atoms with Gasteiger partial charge in [0.25, 0.3) is 0 Å². The van der Waals surface area contributed by atoms with Crippen molar-refractivity contribution in [2.45, 2.75) is 52.1 Å². The molecule has 0 aliphatic heterocycles. The van der Waals surface area contributed by atoms with Crippen molar-refractivity contribution in [1.29, 1.82) is 0 Å². The molecular formula is C14H24N4O. The zero-order valence-corrected chi connectivity index (χ0v) is 12.1. The molecule has 0 unspecified atom stereocenters. The second kappa shape index (κ2) is 6.19. The van der Waals surface area contributed by atoms with Gasteiger partial charge in [0.1, 0.15) is 0 Å². The fourth-order valence-corrected chi connectivity index (χ4v) is 2.69. The van der Waals surface area contributed by atoms with Gasteiger partial charge in [-0.15, -0.1) is 0 Å². The summed E-state index contributed by atoms with van der Waals surface area (Å²) in [5.74, 6) is 0.0644. The van der Waals surface area contributed by atoms with Crippen LogP contribution in [0.15, 0.2) is 0 Å². The third-order valence-electron chi connectivity index (χ3n) is 4.03. The second-order valence-corrected chi connectivity index (χ2v) is 5.41. The molecule has 106 valence electrons. The van der Waals surface area contributed by atoms with Gasteiger partial charge in [0, 0.05) is 30.9 Å². The average molecular weight is 264 g/mol. The molecule has 0 saturated heterocycles. The third-order valence-corrected chi connectivity index (χ3v) is 4.03. The number of rotatable bonds is 5. The van der Waals surface area contributed by atoms with Crippen LogP contribution in [-0.4, -0.2) is 28.3 Å². The van der Waals surface area contributed by atoms with Crippen LogP contribution in [0.4, 0.5) is 0 Å². The van der Waals surface area contributed by atoms with Crippen molar-refractivity contribution in [3.63, 3.8) is 0 Å². The van der Waals surface area contributed by atoms with Crippen molar-refractivity contribution < 1.29 is 4.79 Å². The number of carbonyl (C=O) groups excluding carboxylic acids is 1. The highest BCUT2D eigenvalue weighted by atomic mass is 16.1. The van der Waals surface area contributed by atoms with E-state index < -0.39 is 0 Å². The third kappa shape index (κ3) is 3.56. The number of hydrogen-bond donors (Lipinski definition) is 2. The number of nitrogens with zero attached hydrogens (tertiary/aromatic N) is 2. The molecule has 2 rings (SSSR count). The summed E-state index contributed by atoms with van der Waals surface area (Å²) in [4.78, 5) is 11.8. The van der Waals surface area contributed by atoms with Crippen LogP contribution in [0.3, 0.4) is 0 Å². The summed E-state index contributed by atoms with van der Waals surface area (Å²) in [6, 6.07) is 0.535. The Bertz CT molecular complexity index is 447. The molecule has 0 bridgehead atoms. The minimum Gasteiger partial charge on any atom is -0.351 e. The van der Waals surface area contributed by atoms with Crippen LogP contribution < -0.4 is 10.6 Å². The maximum absolute atomic E-state index is 11.8. The van der Waals surface area contributed by atoms with E-state index >= 15 is 0 Å². The minimum absolute atomic E-state index is 0.0644. The molecule has 1 aromatic rings. The number of aromatic nitrogens is 2. The van der Waals surface area contributed by atoms with Gasteiger partial charge in [-0.25, -0.2) is 0 Å². The standard InChI is InChI=1S/C14H24N4O/c1-10-13(11(2)18(3)17-10)8-16-14(19)9-15-12-6-4-5-7-12/h12,15H,4-9H2,1-3H3,(H,16,19). The van der Waals surface area contributed by atoms with Crippen molar-refractivity contribution in [3.8, 4) is 0 Å². The van der Waals surface area contributed by atoms with Crippen molar-refractivity contribution in [1.82, 2.24) is 20.4 Å². The highest BCUT2D eigenvalue weighted by Crippen LogP contribution is 2.17. The molecule has 0 radical (unpaired) electrons. The lowest BCUT2D eigenvalue weighted by atomic mass is 10.2. The van der Waals surface area contributed by atoms with E-state index in [9.17, 15) is 4.79 Å². The molecule has 5 heteroatoms. The molecule has 5 nitrogen and oxygen atoms in total. The van der Waals surface area contributed by atoms with E-state index in [0.29, 0.717) is 19.1 Å². The lowest BCUT2D eigenvalue weighted by molar-refractivity contribution is -0.120. The molecule has 19 heavy (non-hydrogen) atoms. The van der Waals surface area contributed by atoms with Crippen molar-refractivity contribution >= 4 is 5.91 Å². The summed E-state index contributed by atoms with van der Waals surface area (Å²) in [5, 5.41) is 10.6. The summed E-state index contributed by atoms with van der Waals surface area (Å²) in [5.41, 5.74) is 3.22. The topological polar surface area (TPSA) is 59.0 Å². The van der Waals surface area contributed by atoms with E-state index in [2.05, 4.69) is 15.7 Å². The van der Waals surface area contributed by atoms with Gasteiger partial charge < -0.3 is 10.6 Å². The quantitative estimate of drug-likeness (QED) is 0.840. The van der Waals surface area contributed by atoms with Gasteiger partial charge >= 0.3 is 0 Å². The van der Waals surface area contributed by atoms with Gasteiger partial charge in [0.15, 0.2) is 0 Å². The van der Waals surface area contributed by atoms with Crippen LogP contribution >= 0.6 is 0 Å². The molecule has 2 N–H and O–H groups in total. The predicted molar refractivity (Wildman–Crippen MR) is 74.8 cm³/mol. The molecule has 1 fully saturated rings. The van der Waals surface area contributed by atoms with Crippen molar-refractivity contribution in [3.05, 3.63) is 17.0 Å². The Kier molecular flexibility index (Phi) is 4.58. The van der Waals surface area contributed by atoms with E-state index in [1.165, 1.54) is 25.7 Å². The summed E-state index contributed by atoms with van der Waals surface area (Å²) >= 11 is 0. The van der Waals surface area contributed by atoms with Crippen LogP contribution in [0.25, 0.3) is 0 Å². The highest BCUT2D eigenvalue weighted by Gasteiger charge is 2.15. The minimum atomic E-state index is 0.0644. The summed E-state index contributed by atoms with van der Waals surface area (Å²) in [6.07, 6.45) is 4.98. The van der Waals surface area contributed by atoms with E-state index in [1.807, 2.05) is 25.6 Å². The number of carbonyl (C=O) groups is 1. The molecule has 1 aliphatic rings. The summed E-state index contributed by atoms with van der Waals surface area (Å²) < 4.78 is 1.85. The lowest BCUT2D eigenvalue weighted by Crippen LogP contribution is -2.37. The van der Waals surface area contributed by atoms with Gasteiger partial charge in [0.2, 0.25) is 5.91 Å². The first-order valence-electron chi connectivity index (χ1n) is 7.07. The molecular weight excluding hydrogens is 240 g/mol. The molecule has 0 atom stereocenters. The monoisotopic (exact) mass is 264 g/mol. The van der Waals surface area contributed by atoms with Crippen LogP contribution in [-0.2, 0) is 18.4 Å². The van der Waals surface area contributed by atoms with Crippen LogP contribution in [0.2, 0.25) is 0 Å². The first-order valence-corrected chi connectivity index (χ1v) is 7.07. The van der Waals surface area contributed by atoms with Gasteiger partial charge in [-0.05, 0) is 26.7 Å². The fourth-order valence-electron chi connectivity index (χ4n) is 2.69. The normalized spacial score (nSPS) is 15.9. The van der Waals surface area contributed by atoms with Gasteiger partial charge in [0.05, 0.1) is 12.2 Å². The highest BCUT2D eigenvalue weighted by molar-refractivity contribution is 5.78. The molecule has 1 aromatic heterocycles. The van der Waals surface area contributed by atoms with Gasteiger partial charge in [-0.3, -0.25) is 9.48 Å². The Morgan fingerprint density at radius 1 is 1.37 bits per heavy atom. The Hall–Kier alpha value is -1.36. The Morgan fingerprint density at radius 2 is 2.05 bits per heavy atom. The Labute approximate surface area is 114 Å². The van der Waals surface area contributed by atoms with Crippen LogP contribution in [0, 0.1) is 13.8 Å². The SMILES string of the molecule is Cc1nn(C)c(C)c1CNC(=O)CNC1CCCC1. The summed E-state index contributed by atoms with van der Waals surface area (Å²) in [6.45, 7) is 4.99. The molecule has 1 saturated carbocycles. The van der Waals surface area contributed by atoms with Crippen LogP contribution in [0.1, 0.15) is 42.6 Å². The largest absolute Gasteiger partial charge is 0.351 e. The number of nitrogens with one attached hydrogen (secondary N) is 2. The Morgan fingerprint density at radius 3 is 2.63 bits per heavy atom. The van der Waals surface area contributed by atoms with E-state index in [-0.39, 0.29) is 5.91 Å². The van der Waals surface area contributed by atoms with E-state index in [0.717, 1.165) is 17.0 Å². The maximum Gasteiger partial charge on any atom is 0.234 e. The molecule has 0 spiro atoms. The first kappa shape index (κ1) is 14.1. The average Bonchev–Trinajstić information content (AvgIpc) is 2.96. The molecule has 1 heterocycles. The molecule has 0 aromatic carbocycles. The first-order chi connectivity index (χ1) is 9.08.